The SMILES string of the molecule is C/C(=N/NC(=O)c1ccc(OCc2ccccc2)cc1)c1ccc(N2C(=O)[C@H]3CCCC[C@@H]3C2=O)cc1. The average Bonchev–Trinajstić information content (AvgIpc) is 3.21. The summed E-state index contributed by atoms with van der Waals surface area (Å²) in [5.74, 6) is -0.183. The maximum Gasteiger partial charge on any atom is 0.271 e. The summed E-state index contributed by atoms with van der Waals surface area (Å²) in [7, 11) is 0. The van der Waals surface area contributed by atoms with E-state index in [-0.39, 0.29) is 29.6 Å². The van der Waals surface area contributed by atoms with E-state index < -0.39 is 0 Å². The van der Waals surface area contributed by atoms with Gasteiger partial charge in [0.25, 0.3) is 5.91 Å². The lowest BCUT2D eigenvalue weighted by atomic mass is 9.81. The number of benzene rings is 3. The fourth-order valence-electron chi connectivity index (χ4n) is 4.98. The number of amides is 3. The van der Waals surface area contributed by atoms with Gasteiger partial charge in [0.05, 0.1) is 23.2 Å². The third-order valence-electron chi connectivity index (χ3n) is 7.07. The van der Waals surface area contributed by atoms with E-state index in [2.05, 4.69) is 10.5 Å². The van der Waals surface area contributed by atoms with E-state index in [1.165, 1.54) is 4.90 Å². The van der Waals surface area contributed by atoms with E-state index in [9.17, 15) is 14.4 Å². The van der Waals surface area contributed by atoms with Crippen LogP contribution in [0.5, 0.6) is 5.75 Å². The molecule has 1 saturated heterocycles. The average molecular weight is 496 g/mol. The predicted octanol–water partition coefficient (Wildman–Crippen LogP) is 5.10. The van der Waals surface area contributed by atoms with Gasteiger partial charge in [0.2, 0.25) is 11.8 Å². The number of nitrogens with zero attached hydrogens (tertiary/aromatic N) is 2. The Morgan fingerprint density at radius 2 is 1.46 bits per heavy atom. The van der Waals surface area contributed by atoms with Crippen molar-refractivity contribution in [2.75, 3.05) is 4.90 Å². The summed E-state index contributed by atoms with van der Waals surface area (Å²) in [5.41, 5.74) is 6.09. The highest BCUT2D eigenvalue weighted by Crippen LogP contribution is 2.40. The molecule has 1 N–H and O–H groups in total. The van der Waals surface area contributed by atoms with Gasteiger partial charge in [-0.25, -0.2) is 5.43 Å². The molecule has 7 heteroatoms. The maximum atomic E-state index is 12.8. The summed E-state index contributed by atoms with van der Waals surface area (Å²) in [5, 5.41) is 4.22. The summed E-state index contributed by atoms with van der Waals surface area (Å²) in [6.45, 7) is 2.24. The van der Waals surface area contributed by atoms with Crippen LogP contribution in [0.2, 0.25) is 0 Å². The topological polar surface area (TPSA) is 88.1 Å². The molecular weight excluding hydrogens is 466 g/mol. The third kappa shape index (κ3) is 5.31. The normalized spacial score (nSPS) is 19.5. The van der Waals surface area contributed by atoms with Gasteiger partial charge in [-0.15, -0.1) is 0 Å². The van der Waals surface area contributed by atoms with Gasteiger partial charge in [0.1, 0.15) is 12.4 Å². The summed E-state index contributed by atoms with van der Waals surface area (Å²) in [6.07, 6.45) is 3.58. The number of rotatable bonds is 7. The molecule has 5 rings (SSSR count). The van der Waals surface area contributed by atoms with Gasteiger partial charge >= 0.3 is 0 Å². The van der Waals surface area contributed by atoms with E-state index in [1.54, 1.807) is 43.3 Å². The van der Waals surface area contributed by atoms with Crippen molar-refractivity contribution in [3.63, 3.8) is 0 Å². The zero-order chi connectivity index (χ0) is 25.8. The summed E-state index contributed by atoms with van der Waals surface area (Å²) in [6, 6.07) is 23.9. The van der Waals surface area contributed by atoms with E-state index in [0.29, 0.717) is 29.3 Å². The number of fused-ring (bicyclic) bond motifs is 1. The quantitative estimate of drug-likeness (QED) is 0.281. The minimum Gasteiger partial charge on any atom is -0.489 e. The molecule has 2 aliphatic rings. The Balaban J connectivity index is 1.18. The number of imide groups is 1. The molecule has 188 valence electrons. The third-order valence-corrected chi connectivity index (χ3v) is 7.07. The van der Waals surface area contributed by atoms with Gasteiger partial charge in [-0.1, -0.05) is 55.3 Å². The van der Waals surface area contributed by atoms with Crippen molar-refractivity contribution in [2.24, 2.45) is 16.9 Å². The molecule has 3 aromatic carbocycles. The van der Waals surface area contributed by atoms with Gasteiger partial charge in [0, 0.05) is 5.56 Å². The smallest absolute Gasteiger partial charge is 0.271 e. The molecule has 0 bridgehead atoms. The van der Waals surface area contributed by atoms with Crippen LogP contribution in [0.25, 0.3) is 0 Å². The molecule has 0 radical (unpaired) electrons. The molecule has 2 fully saturated rings. The largest absolute Gasteiger partial charge is 0.489 e. The van der Waals surface area contributed by atoms with Crippen molar-refractivity contribution >= 4 is 29.1 Å². The molecule has 2 atom stereocenters. The first-order valence-electron chi connectivity index (χ1n) is 12.6. The fraction of sp³-hybridized carbons (Fsp3) is 0.267. The molecule has 0 aromatic heterocycles. The molecule has 1 aliphatic heterocycles. The van der Waals surface area contributed by atoms with E-state index in [0.717, 1.165) is 36.8 Å². The van der Waals surface area contributed by atoms with Crippen LogP contribution in [0, 0.1) is 11.8 Å². The molecule has 1 saturated carbocycles. The number of ether oxygens (including phenoxy) is 1. The zero-order valence-corrected chi connectivity index (χ0v) is 20.7. The molecule has 7 nitrogen and oxygen atoms in total. The molecule has 0 unspecified atom stereocenters. The van der Waals surface area contributed by atoms with Crippen LogP contribution in [0.4, 0.5) is 5.69 Å². The molecular formula is C30H29N3O4. The van der Waals surface area contributed by atoms with Crippen molar-refractivity contribution in [3.8, 4) is 5.75 Å². The number of hydrogen-bond donors (Lipinski definition) is 1. The Labute approximate surface area is 216 Å². The van der Waals surface area contributed by atoms with Crippen molar-refractivity contribution in [3.05, 3.63) is 95.6 Å². The standard InChI is InChI=1S/C30H29N3O4/c1-20(22-11-15-24(16-12-22)33-29(35)26-9-5-6-10-27(26)30(33)36)31-32-28(34)23-13-17-25(18-14-23)37-19-21-7-3-2-4-8-21/h2-4,7-8,11-18,26-27H,5-6,9-10,19H2,1H3,(H,32,34)/b31-20-/t26-,27-/m0/s1. The number of hydrogen-bond acceptors (Lipinski definition) is 5. The lowest BCUT2D eigenvalue weighted by Crippen LogP contribution is -2.30. The van der Waals surface area contributed by atoms with Gasteiger partial charge in [-0.3, -0.25) is 19.3 Å². The van der Waals surface area contributed by atoms with Crippen LogP contribution in [0.15, 0.2) is 84.0 Å². The van der Waals surface area contributed by atoms with Crippen molar-refractivity contribution in [1.29, 1.82) is 0 Å². The first-order valence-corrected chi connectivity index (χ1v) is 12.6. The molecule has 1 aliphatic carbocycles. The van der Waals surface area contributed by atoms with Crippen LogP contribution in [-0.2, 0) is 16.2 Å². The van der Waals surface area contributed by atoms with Crippen molar-refractivity contribution < 1.29 is 19.1 Å². The van der Waals surface area contributed by atoms with Crippen LogP contribution in [-0.4, -0.2) is 23.4 Å². The van der Waals surface area contributed by atoms with Crippen LogP contribution in [0.1, 0.15) is 54.1 Å². The molecule has 3 amide bonds. The van der Waals surface area contributed by atoms with Crippen molar-refractivity contribution in [2.45, 2.75) is 39.2 Å². The van der Waals surface area contributed by atoms with E-state index >= 15 is 0 Å². The minimum absolute atomic E-state index is 0.0865. The van der Waals surface area contributed by atoms with Gasteiger partial charge in [-0.2, -0.15) is 5.10 Å². The fourth-order valence-corrected chi connectivity index (χ4v) is 4.98. The van der Waals surface area contributed by atoms with Gasteiger partial charge < -0.3 is 4.74 Å². The van der Waals surface area contributed by atoms with E-state index in [4.69, 9.17) is 4.74 Å². The summed E-state index contributed by atoms with van der Waals surface area (Å²) in [4.78, 5) is 39.6. The number of hydrazone groups is 1. The predicted molar refractivity (Wildman–Crippen MR) is 141 cm³/mol. The Bertz CT molecular complexity index is 1290. The van der Waals surface area contributed by atoms with Gasteiger partial charge in [0.15, 0.2) is 0 Å². The van der Waals surface area contributed by atoms with Gasteiger partial charge in [-0.05, 0) is 67.3 Å². The lowest BCUT2D eigenvalue weighted by Gasteiger charge is -2.19. The molecule has 3 aromatic rings. The van der Waals surface area contributed by atoms with Crippen LogP contribution >= 0.6 is 0 Å². The summed E-state index contributed by atoms with van der Waals surface area (Å²) < 4.78 is 5.77. The Morgan fingerprint density at radius 3 is 2.08 bits per heavy atom. The Kier molecular flexibility index (Phi) is 7.12. The number of nitrogens with one attached hydrogen (secondary N) is 1. The monoisotopic (exact) mass is 495 g/mol. The Hall–Kier alpha value is -4.26. The summed E-state index contributed by atoms with van der Waals surface area (Å²) >= 11 is 0. The van der Waals surface area contributed by atoms with Crippen LogP contribution in [0.3, 0.4) is 0 Å². The Morgan fingerprint density at radius 1 is 0.865 bits per heavy atom. The van der Waals surface area contributed by atoms with Crippen LogP contribution < -0.4 is 15.1 Å². The maximum absolute atomic E-state index is 12.8. The second kappa shape index (κ2) is 10.8. The first-order chi connectivity index (χ1) is 18.0. The highest BCUT2D eigenvalue weighted by molar-refractivity contribution is 6.22. The number of carbonyl (C=O) groups excluding carboxylic acids is 3. The number of carbonyl (C=O) groups is 3. The minimum atomic E-state index is -0.332. The molecule has 0 spiro atoms. The second-order valence-corrected chi connectivity index (χ2v) is 9.49. The highest BCUT2D eigenvalue weighted by atomic mass is 16.5. The lowest BCUT2D eigenvalue weighted by molar-refractivity contribution is -0.122. The molecule has 1 heterocycles. The first kappa shape index (κ1) is 24.4. The zero-order valence-electron chi connectivity index (χ0n) is 20.7. The van der Waals surface area contributed by atoms with Crippen molar-refractivity contribution in [1.82, 2.24) is 5.43 Å². The second-order valence-electron chi connectivity index (χ2n) is 9.49. The number of anilines is 1. The van der Waals surface area contributed by atoms with E-state index in [1.807, 2.05) is 42.5 Å². The molecule has 37 heavy (non-hydrogen) atoms. The highest BCUT2D eigenvalue weighted by Gasteiger charge is 2.48.